The van der Waals surface area contributed by atoms with Crippen LogP contribution in [0.1, 0.15) is 32.3 Å². The predicted molar refractivity (Wildman–Crippen MR) is 125 cm³/mol. The lowest BCUT2D eigenvalue weighted by atomic mass is 10.0. The minimum atomic E-state index is -4.48. The molecule has 0 aromatic carbocycles. The first-order chi connectivity index (χ1) is 16.6. The van der Waals surface area contributed by atoms with Gasteiger partial charge in [0.1, 0.15) is 18.2 Å². The predicted octanol–water partition coefficient (Wildman–Crippen LogP) is 3.77. The van der Waals surface area contributed by atoms with Crippen LogP contribution in [-0.4, -0.2) is 45.5 Å². The monoisotopic (exact) mass is 488 g/mol. The number of amides is 2. The smallest absolute Gasteiger partial charge is 0.372 e. The molecule has 0 aliphatic heterocycles. The Morgan fingerprint density at radius 2 is 1.91 bits per heavy atom. The van der Waals surface area contributed by atoms with Crippen LogP contribution >= 0.6 is 0 Å². The summed E-state index contributed by atoms with van der Waals surface area (Å²) in [7, 11) is 0. The molecule has 1 fully saturated rings. The van der Waals surface area contributed by atoms with Gasteiger partial charge in [0.25, 0.3) is 0 Å². The van der Waals surface area contributed by atoms with Gasteiger partial charge in [0.05, 0.1) is 5.69 Å². The molecular weight excluding hydrogens is 461 g/mol. The number of carbonyl (C=O) groups excluding carboxylic acids is 2. The zero-order valence-corrected chi connectivity index (χ0v) is 19.4. The Morgan fingerprint density at radius 3 is 2.60 bits per heavy atom. The van der Waals surface area contributed by atoms with Crippen molar-refractivity contribution < 1.29 is 22.8 Å². The van der Waals surface area contributed by atoms with E-state index >= 15 is 0 Å². The van der Waals surface area contributed by atoms with Crippen LogP contribution in [0.5, 0.6) is 0 Å². The summed E-state index contributed by atoms with van der Waals surface area (Å²) in [6.45, 7) is 2.49. The maximum Gasteiger partial charge on any atom is 0.405 e. The Hall–Kier alpha value is -3.63. The van der Waals surface area contributed by atoms with Crippen LogP contribution < -0.4 is 16.0 Å². The van der Waals surface area contributed by atoms with Crippen LogP contribution in [-0.2, 0) is 16.1 Å². The Bertz CT molecular complexity index is 1220. The standard InChI is InChI=1S/C24H27F3N6O2/c1-13(2)20(23(35)32-12-24(25,26)27)33-17-6-16(9-28-10-17)19-11-30-21-18(19)5-14(7-29-21)8-31-22(34)15-3-4-15/h5-7,9-11,13,15,20,33H,3-4,8,12H2,1-2H3,(H,29,30)(H,31,34)(H,32,35). The van der Waals surface area contributed by atoms with Gasteiger partial charge in [-0.3, -0.25) is 14.6 Å². The highest BCUT2D eigenvalue weighted by Crippen LogP contribution is 2.31. The largest absolute Gasteiger partial charge is 0.405 e. The topological polar surface area (TPSA) is 112 Å². The Kier molecular flexibility index (Phi) is 6.95. The molecule has 3 aromatic rings. The van der Waals surface area contributed by atoms with Gasteiger partial charge >= 0.3 is 6.18 Å². The van der Waals surface area contributed by atoms with Gasteiger partial charge in [0, 0.05) is 53.8 Å². The number of aromatic nitrogens is 3. The number of nitrogens with one attached hydrogen (secondary N) is 4. The van der Waals surface area contributed by atoms with E-state index in [0.29, 0.717) is 17.9 Å². The molecule has 11 heteroatoms. The van der Waals surface area contributed by atoms with Gasteiger partial charge in [0.2, 0.25) is 11.8 Å². The Morgan fingerprint density at radius 1 is 1.14 bits per heavy atom. The van der Waals surface area contributed by atoms with Crippen molar-refractivity contribution in [2.45, 2.75) is 45.5 Å². The van der Waals surface area contributed by atoms with E-state index in [1.807, 2.05) is 11.4 Å². The molecule has 1 aliphatic rings. The van der Waals surface area contributed by atoms with E-state index in [4.69, 9.17) is 0 Å². The molecule has 0 saturated heterocycles. The van der Waals surface area contributed by atoms with E-state index < -0.39 is 24.7 Å². The fourth-order valence-corrected chi connectivity index (χ4v) is 3.74. The van der Waals surface area contributed by atoms with Crippen molar-refractivity contribution >= 4 is 28.5 Å². The molecule has 0 bridgehead atoms. The molecule has 3 heterocycles. The molecule has 2 amide bonds. The number of pyridine rings is 2. The summed E-state index contributed by atoms with van der Waals surface area (Å²) in [5, 5.41) is 8.71. The van der Waals surface area contributed by atoms with Crippen molar-refractivity contribution in [3.8, 4) is 11.1 Å². The SMILES string of the molecule is CC(C)C(Nc1cncc(-c2c[nH]c3ncc(CNC(=O)C4CC4)cc23)c1)C(=O)NCC(F)(F)F. The quantitative estimate of drug-likeness (QED) is 0.366. The fraction of sp³-hybridized carbons (Fsp3) is 0.417. The number of aromatic amines is 1. The first-order valence-corrected chi connectivity index (χ1v) is 11.4. The van der Waals surface area contributed by atoms with Gasteiger partial charge in [-0.15, -0.1) is 0 Å². The summed E-state index contributed by atoms with van der Waals surface area (Å²) < 4.78 is 37.6. The summed E-state index contributed by atoms with van der Waals surface area (Å²) in [6, 6.07) is 2.85. The number of nitrogens with zero attached hydrogens (tertiary/aromatic N) is 2. The number of anilines is 1. The van der Waals surface area contributed by atoms with E-state index in [2.05, 4.69) is 25.6 Å². The van der Waals surface area contributed by atoms with Crippen molar-refractivity contribution in [1.29, 1.82) is 0 Å². The number of carbonyl (C=O) groups is 2. The average molecular weight is 489 g/mol. The second-order valence-corrected chi connectivity index (χ2v) is 9.10. The van der Waals surface area contributed by atoms with Crippen LogP contribution in [0.2, 0.25) is 0 Å². The lowest BCUT2D eigenvalue weighted by molar-refractivity contribution is -0.139. The summed E-state index contributed by atoms with van der Waals surface area (Å²) in [5.41, 5.74) is 3.58. The van der Waals surface area contributed by atoms with Crippen molar-refractivity contribution in [3.05, 3.63) is 42.5 Å². The first-order valence-electron chi connectivity index (χ1n) is 11.4. The first kappa shape index (κ1) is 24.5. The zero-order chi connectivity index (χ0) is 25.2. The van der Waals surface area contributed by atoms with E-state index in [0.717, 1.165) is 34.9 Å². The van der Waals surface area contributed by atoms with E-state index in [1.165, 1.54) is 6.20 Å². The van der Waals surface area contributed by atoms with Crippen LogP contribution in [0.3, 0.4) is 0 Å². The lowest BCUT2D eigenvalue weighted by Gasteiger charge is -2.23. The van der Waals surface area contributed by atoms with Crippen molar-refractivity contribution in [1.82, 2.24) is 25.6 Å². The number of halogens is 3. The molecular formula is C24H27F3N6O2. The third-order valence-electron chi connectivity index (χ3n) is 5.79. The van der Waals surface area contributed by atoms with Gasteiger partial charge in [0.15, 0.2) is 0 Å². The highest BCUT2D eigenvalue weighted by molar-refractivity contribution is 5.94. The van der Waals surface area contributed by atoms with Crippen LogP contribution in [0.25, 0.3) is 22.2 Å². The minimum Gasteiger partial charge on any atom is -0.372 e. The molecule has 35 heavy (non-hydrogen) atoms. The molecule has 4 rings (SSSR count). The molecule has 4 N–H and O–H groups in total. The Balaban J connectivity index is 1.52. The second-order valence-electron chi connectivity index (χ2n) is 9.10. The van der Waals surface area contributed by atoms with Gasteiger partial charge in [-0.05, 0) is 36.5 Å². The minimum absolute atomic E-state index is 0.0568. The normalized spacial score (nSPS) is 14.7. The van der Waals surface area contributed by atoms with Crippen molar-refractivity contribution in [2.24, 2.45) is 11.8 Å². The van der Waals surface area contributed by atoms with E-state index in [9.17, 15) is 22.8 Å². The van der Waals surface area contributed by atoms with Gasteiger partial charge in [-0.2, -0.15) is 13.2 Å². The molecule has 1 aliphatic carbocycles. The van der Waals surface area contributed by atoms with Crippen molar-refractivity contribution in [3.63, 3.8) is 0 Å². The van der Waals surface area contributed by atoms with Crippen LogP contribution in [0.15, 0.2) is 36.9 Å². The summed E-state index contributed by atoms with van der Waals surface area (Å²) >= 11 is 0. The molecule has 186 valence electrons. The maximum atomic E-state index is 12.5. The molecule has 0 spiro atoms. The molecule has 1 atom stereocenters. The maximum absolute atomic E-state index is 12.5. The number of hydrogen-bond acceptors (Lipinski definition) is 5. The third-order valence-corrected chi connectivity index (χ3v) is 5.79. The number of H-pyrrole nitrogens is 1. The number of fused-ring (bicyclic) bond motifs is 1. The van der Waals surface area contributed by atoms with Crippen molar-refractivity contribution in [2.75, 3.05) is 11.9 Å². The average Bonchev–Trinajstić information content (AvgIpc) is 3.58. The Labute approximate surface area is 200 Å². The summed E-state index contributed by atoms with van der Waals surface area (Å²) in [5.74, 6) is -0.822. The van der Waals surface area contributed by atoms with Gasteiger partial charge < -0.3 is 20.9 Å². The fourth-order valence-electron chi connectivity index (χ4n) is 3.74. The second kappa shape index (κ2) is 9.93. The third kappa shape index (κ3) is 6.28. The molecule has 1 saturated carbocycles. The summed E-state index contributed by atoms with van der Waals surface area (Å²) in [6.07, 6.45) is 4.06. The number of alkyl halides is 3. The van der Waals surface area contributed by atoms with Crippen LogP contribution in [0.4, 0.5) is 18.9 Å². The summed E-state index contributed by atoms with van der Waals surface area (Å²) in [4.78, 5) is 36.1. The molecule has 3 aromatic heterocycles. The van der Waals surface area contributed by atoms with Gasteiger partial charge in [-0.25, -0.2) is 4.98 Å². The lowest BCUT2D eigenvalue weighted by Crippen LogP contribution is -2.46. The highest BCUT2D eigenvalue weighted by Gasteiger charge is 2.31. The molecule has 0 radical (unpaired) electrons. The molecule has 1 unspecified atom stereocenters. The van der Waals surface area contributed by atoms with Gasteiger partial charge in [-0.1, -0.05) is 13.8 Å². The zero-order valence-electron chi connectivity index (χ0n) is 19.4. The van der Waals surface area contributed by atoms with E-state index in [1.54, 1.807) is 38.5 Å². The molecule has 8 nitrogen and oxygen atoms in total. The van der Waals surface area contributed by atoms with Crippen LogP contribution in [0, 0.1) is 11.8 Å². The van der Waals surface area contributed by atoms with E-state index in [-0.39, 0.29) is 17.7 Å². The number of rotatable bonds is 9. The highest BCUT2D eigenvalue weighted by atomic mass is 19.4. The number of hydrogen-bond donors (Lipinski definition) is 4.